The van der Waals surface area contributed by atoms with E-state index in [1.165, 1.54) is 117 Å². The Kier molecular flexibility index (Phi) is 14.2. The van der Waals surface area contributed by atoms with E-state index in [1.807, 2.05) is 0 Å². The molecule has 4 heterocycles. The fourth-order valence-electron chi connectivity index (χ4n) is 16.0. The highest BCUT2D eigenvalue weighted by Gasteiger charge is 2.51. The Hall–Kier alpha value is -8.60. The molecule has 4 aliphatic rings. The molecule has 0 saturated heterocycles. The molecule has 424 valence electrons. The zero-order chi connectivity index (χ0) is 58.8. The second-order valence-electron chi connectivity index (χ2n) is 25.9. The third-order valence-corrected chi connectivity index (χ3v) is 19.9. The topological polar surface area (TPSA) is 12.5 Å². The molecule has 0 radical (unpaired) electrons. The van der Waals surface area contributed by atoms with Gasteiger partial charge in [-0.1, -0.05) is 230 Å². The minimum Gasteiger partial charge on any atom is -0.344 e. The Balaban J connectivity index is 1.01. The maximum absolute atomic E-state index is 2.58. The molecule has 9 aromatic rings. The van der Waals surface area contributed by atoms with Crippen LogP contribution >= 0.6 is 0 Å². The standard InChI is InChI=1S/C81H82N4/c1-11-50-84-67-44-28-26-42-65(67)78(3,4)71(84)46-30-48-73-80(7,54-56-32-16-13-17-33-56)76-61-40-24-22-38-59(61)63(52-69(76)82(73)9)75(58-36-20-15-21-37-58)64-53-70-77(62-41-25-23-39-60(62)64)81(8,55-57-34-18-14-19-35-57)74(83(70)10)49-31-47-72-79(5,6)66-43-27-29-45-68(66)85(72)51-12-2/h13-49,52-53,75H,11-12,50-51,54-55H2,1-10H3/q+2. The molecule has 0 fully saturated rings. The van der Waals surface area contributed by atoms with Crippen LogP contribution in [0.15, 0.2) is 248 Å². The van der Waals surface area contributed by atoms with Gasteiger partial charge in [0.1, 0.15) is 14.1 Å². The summed E-state index contributed by atoms with van der Waals surface area (Å²) in [5, 5.41) is 5.20. The molecule has 4 heteroatoms. The molecule has 2 unspecified atom stereocenters. The van der Waals surface area contributed by atoms with E-state index in [-0.39, 0.29) is 27.6 Å². The van der Waals surface area contributed by atoms with Crippen molar-refractivity contribution in [2.24, 2.45) is 0 Å². The Morgan fingerprint density at radius 2 is 0.776 bits per heavy atom. The number of rotatable bonds is 15. The number of hydrogen-bond donors (Lipinski definition) is 0. The highest BCUT2D eigenvalue weighted by Crippen LogP contribution is 2.54. The Morgan fingerprint density at radius 3 is 1.18 bits per heavy atom. The summed E-state index contributed by atoms with van der Waals surface area (Å²) < 4.78 is 5.06. The lowest BCUT2D eigenvalue weighted by Gasteiger charge is -2.28. The van der Waals surface area contributed by atoms with Crippen molar-refractivity contribution in [2.75, 3.05) is 37.0 Å². The van der Waals surface area contributed by atoms with Crippen molar-refractivity contribution < 1.29 is 9.15 Å². The summed E-state index contributed by atoms with van der Waals surface area (Å²) in [5.41, 5.74) is 21.6. The quantitative estimate of drug-likeness (QED) is 0.0749. The highest BCUT2D eigenvalue weighted by molar-refractivity contribution is 6.11. The van der Waals surface area contributed by atoms with E-state index in [2.05, 4.69) is 325 Å². The fraction of sp³-hybridized carbons (Fsp3) is 0.259. The van der Waals surface area contributed by atoms with Crippen molar-refractivity contribution in [3.05, 3.63) is 298 Å². The van der Waals surface area contributed by atoms with Crippen LogP contribution in [0.2, 0.25) is 0 Å². The van der Waals surface area contributed by atoms with E-state index >= 15 is 0 Å². The molecule has 4 aliphatic heterocycles. The molecule has 0 N–H and O–H groups in total. The normalized spacial score (nSPS) is 20.7. The van der Waals surface area contributed by atoms with Crippen LogP contribution in [0.25, 0.3) is 21.5 Å². The zero-order valence-corrected chi connectivity index (χ0v) is 51.6. The van der Waals surface area contributed by atoms with Gasteiger partial charge in [0.15, 0.2) is 11.4 Å². The van der Waals surface area contributed by atoms with Crippen molar-refractivity contribution in [1.29, 1.82) is 0 Å². The summed E-state index contributed by atoms with van der Waals surface area (Å²) in [6.07, 6.45) is 18.3. The van der Waals surface area contributed by atoms with E-state index < -0.39 is 0 Å². The van der Waals surface area contributed by atoms with Crippen LogP contribution in [0.5, 0.6) is 0 Å². The Morgan fingerprint density at radius 1 is 0.424 bits per heavy atom. The van der Waals surface area contributed by atoms with Crippen LogP contribution in [0.4, 0.5) is 22.7 Å². The smallest absolute Gasteiger partial charge is 0.210 e. The summed E-state index contributed by atoms with van der Waals surface area (Å²) in [4.78, 5) is 5.11. The molecule has 4 nitrogen and oxygen atoms in total. The van der Waals surface area contributed by atoms with Crippen LogP contribution in [0.1, 0.15) is 124 Å². The van der Waals surface area contributed by atoms with E-state index in [4.69, 9.17) is 0 Å². The summed E-state index contributed by atoms with van der Waals surface area (Å²) in [6.45, 7) is 21.1. The predicted octanol–water partition coefficient (Wildman–Crippen LogP) is 18.9. The highest BCUT2D eigenvalue weighted by atomic mass is 15.2. The van der Waals surface area contributed by atoms with Gasteiger partial charge in [0.25, 0.3) is 0 Å². The lowest BCUT2D eigenvalue weighted by atomic mass is 9.70. The minimum absolute atomic E-state index is 0.102. The molecule has 0 amide bonds. The van der Waals surface area contributed by atoms with E-state index in [0.29, 0.717) is 0 Å². The number of fused-ring (bicyclic) bond motifs is 8. The maximum atomic E-state index is 2.58. The van der Waals surface area contributed by atoms with Crippen molar-refractivity contribution in [2.45, 2.75) is 109 Å². The number of allylic oxidation sites excluding steroid dienone is 8. The number of para-hydroxylation sites is 2. The molecule has 0 spiro atoms. The van der Waals surface area contributed by atoms with Crippen LogP contribution in [0.3, 0.4) is 0 Å². The van der Waals surface area contributed by atoms with Crippen LogP contribution in [0, 0.1) is 0 Å². The van der Waals surface area contributed by atoms with Gasteiger partial charge in [0, 0.05) is 88.0 Å². The van der Waals surface area contributed by atoms with Gasteiger partial charge in [-0.2, -0.15) is 9.15 Å². The van der Waals surface area contributed by atoms with Gasteiger partial charge < -0.3 is 9.80 Å². The van der Waals surface area contributed by atoms with Crippen molar-refractivity contribution in [3.63, 3.8) is 0 Å². The van der Waals surface area contributed by atoms with Gasteiger partial charge in [0.05, 0.1) is 10.8 Å². The zero-order valence-electron chi connectivity index (χ0n) is 51.6. The molecule has 0 aromatic heterocycles. The first-order chi connectivity index (χ1) is 41.2. The lowest BCUT2D eigenvalue weighted by Crippen LogP contribution is -2.33. The molecule has 0 saturated carbocycles. The van der Waals surface area contributed by atoms with Crippen LogP contribution in [-0.4, -0.2) is 47.8 Å². The summed E-state index contributed by atoms with van der Waals surface area (Å²) >= 11 is 0. The number of anilines is 2. The molecule has 0 aliphatic carbocycles. The third kappa shape index (κ3) is 9.09. The number of benzene rings is 9. The van der Waals surface area contributed by atoms with Crippen molar-refractivity contribution in [3.8, 4) is 0 Å². The van der Waals surface area contributed by atoms with Gasteiger partial charge in [-0.3, -0.25) is 0 Å². The molecule has 0 bridgehead atoms. The van der Waals surface area contributed by atoms with Crippen molar-refractivity contribution >= 4 is 55.7 Å². The Labute approximate surface area is 505 Å². The van der Waals surface area contributed by atoms with Crippen molar-refractivity contribution in [1.82, 2.24) is 0 Å². The van der Waals surface area contributed by atoms with Crippen LogP contribution < -0.4 is 9.80 Å². The van der Waals surface area contributed by atoms with Gasteiger partial charge in [-0.05, 0) is 124 Å². The molecule has 13 rings (SSSR count). The first-order valence-corrected chi connectivity index (χ1v) is 31.2. The first-order valence-electron chi connectivity index (χ1n) is 31.2. The monoisotopic (exact) mass is 1110 g/mol. The third-order valence-electron chi connectivity index (χ3n) is 19.9. The second-order valence-corrected chi connectivity index (χ2v) is 25.9. The molecular weight excluding hydrogens is 1030 g/mol. The van der Waals surface area contributed by atoms with E-state index in [9.17, 15) is 0 Å². The van der Waals surface area contributed by atoms with Gasteiger partial charge in [0.2, 0.25) is 11.4 Å². The predicted molar refractivity (Wildman–Crippen MR) is 361 cm³/mol. The van der Waals surface area contributed by atoms with Crippen LogP contribution in [-0.2, 0) is 34.5 Å². The lowest BCUT2D eigenvalue weighted by molar-refractivity contribution is -0.401. The van der Waals surface area contributed by atoms with Gasteiger partial charge >= 0.3 is 0 Å². The van der Waals surface area contributed by atoms with E-state index in [0.717, 1.165) is 38.8 Å². The fourth-order valence-corrected chi connectivity index (χ4v) is 16.0. The number of nitrogens with zero attached hydrogens (tertiary/aromatic N) is 4. The average molecular weight is 1110 g/mol. The average Bonchev–Trinajstić information content (AvgIpc) is 1.78. The number of hydrogen-bond acceptors (Lipinski definition) is 2. The SMILES string of the molecule is CCCN1/C(=C/C=C/C2=[N+](C)c3cc(C(c4ccccc4)c4cc5c(c6ccccc46)C(C)(Cc4ccccc4)C(/C=C/C=C4/N(CCC)c6ccccc6C4(C)C)=[N+]5C)c4ccccc4c3C2(C)Cc2ccccc2)C(C)(C)c2ccccc21. The molecule has 9 aromatic carbocycles. The Bertz CT molecular complexity index is 4010. The summed E-state index contributed by atoms with van der Waals surface area (Å²) in [5.74, 6) is -0.102. The van der Waals surface area contributed by atoms with Gasteiger partial charge in [-0.25, -0.2) is 0 Å². The first kappa shape index (κ1) is 55.6. The molecule has 2 atom stereocenters. The summed E-state index contributed by atoms with van der Waals surface area (Å²) in [6, 6.07) is 75.4. The molecular formula is C81H82N4+2. The largest absolute Gasteiger partial charge is 0.344 e. The second kappa shape index (κ2) is 21.8. The summed E-state index contributed by atoms with van der Waals surface area (Å²) in [7, 11) is 4.64. The van der Waals surface area contributed by atoms with Gasteiger partial charge in [-0.15, -0.1) is 0 Å². The molecule has 85 heavy (non-hydrogen) atoms. The van der Waals surface area contributed by atoms with E-state index in [1.54, 1.807) is 0 Å². The maximum Gasteiger partial charge on any atom is 0.210 e. The minimum atomic E-state index is -0.355.